The Balaban J connectivity index is 1.53. The Morgan fingerprint density at radius 3 is 2.67 bits per heavy atom. The van der Waals surface area contributed by atoms with Crippen LogP contribution < -0.4 is 5.32 Å². The molecule has 2 aromatic rings. The zero-order chi connectivity index (χ0) is 17.1. The molecule has 128 valence electrons. The van der Waals surface area contributed by atoms with Crippen LogP contribution in [0.5, 0.6) is 0 Å². The molecule has 24 heavy (non-hydrogen) atoms. The van der Waals surface area contributed by atoms with Crippen LogP contribution in [0.4, 0.5) is 5.82 Å². The normalized spacial score (nSPS) is 17.6. The molecule has 1 atom stereocenters. The van der Waals surface area contributed by atoms with Crippen molar-refractivity contribution in [2.75, 3.05) is 18.4 Å². The van der Waals surface area contributed by atoms with E-state index in [9.17, 15) is 4.79 Å². The van der Waals surface area contributed by atoms with Gasteiger partial charge in [-0.2, -0.15) is 5.10 Å². The minimum Gasteiger partial charge on any atom is -0.309 e. The number of likely N-dealkylation sites (tertiary alicyclic amines) is 1. The number of nitrogens with zero attached hydrogens (tertiary/aromatic N) is 4. The lowest BCUT2D eigenvalue weighted by molar-refractivity contribution is -0.121. The van der Waals surface area contributed by atoms with Crippen LogP contribution >= 0.6 is 11.6 Å². The molecule has 0 spiro atoms. The number of aryl methyl sites for hydroxylation is 1. The van der Waals surface area contributed by atoms with E-state index in [0.717, 1.165) is 25.9 Å². The number of hydrogen-bond acceptors (Lipinski definition) is 4. The molecule has 6 nitrogen and oxygen atoms in total. The monoisotopic (exact) mass is 347 g/mol. The number of rotatable bonds is 4. The minimum absolute atomic E-state index is 0.0374. The second kappa shape index (κ2) is 7.32. The van der Waals surface area contributed by atoms with Gasteiger partial charge in [0.2, 0.25) is 5.91 Å². The number of hydrogen-bond donors (Lipinski definition) is 1. The maximum Gasteiger partial charge on any atom is 0.242 e. The quantitative estimate of drug-likeness (QED) is 0.923. The van der Waals surface area contributed by atoms with Crippen molar-refractivity contribution < 1.29 is 4.79 Å². The van der Waals surface area contributed by atoms with Crippen LogP contribution in [0.25, 0.3) is 0 Å². The number of piperidine rings is 1. The number of pyridine rings is 1. The highest BCUT2D eigenvalue weighted by atomic mass is 35.5. The van der Waals surface area contributed by atoms with Gasteiger partial charge in [0.1, 0.15) is 5.82 Å². The summed E-state index contributed by atoms with van der Waals surface area (Å²) in [5.41, 5.74) is 1.29. The second-order valence-electron chi connectivity index (χ2n) is 6.28. The summed E-state index contributed by atoms with van der Waals surface area (Å²) in [6, 6.07) is 3.24. The van der Waals surface area contributed by atoms with E-state index in [0.29, 0.717) is 16.8 Å². The van der Waals surface area contributed by atoms with Gasteiger partial charge in [-0.25, -0.2) is 4.98 Å². The van der Waals surface area contributed by atoms with Crippen molar-refractivity contribution in [1.29, 1.82) is 0 Å². The van der Waals surface area contributed by atoms with Gasteiger partial charge in [0, 0.05) is 19.4 Å². The number of aromatic nitrogens is 3. The fourth-order valence-corrected chi connectivity index (χ4v) is 3.23. The molecular weight excluding hydrogens is 326 g/mol. The maximum atomic E-state index is 12.4. The topological polar surface area (TPSA) is 63.1 Å². The summed E-state index contributed by atoms with van der Waals surface area (Å²) in [4.78, 5) is 18.7. The molecule has 1 fully saturated rings. The Kier molecular flexibility index (Phi) is 5.16. The van der Waals surface area contributed by atoms with Gasteiger partial charge in [-0.3, -0.25) is 14.4 Å². The summed E-state index contributed by atoms with van der Waals surface area (Å²) in [6.45, 7) is 3.75. The maximum absolute atomic E-state index is 12.4. The highest BCUT2D eigenvalue weighted by molar-refractivity contribution is 6.30. The number of amides is 1. The molecule has 0 radical (unpaired) electrons. The molecule has 0 saturated carbocycles. The van der Waals surface area contributed by atoms with Gasteiger partial charge in [-0.05, 0) is 56.5 Å². The fourth-order valence-electron chi connectivity index (χ4n) is 3.12. The molecule has 7 heteroatoms. The van der Waals surface area contributed by atoms with E-state index < -0.39 is 0 Å². The van der Waals surface area contributed by atoms with Gasteiger partial charge < -0.3 is 5.32 Å². The summed E-state index contributed by atoms with van der Waals surface area (Å²) in [5.74, 6) is 1.02. The van der Waals surface area contributed by atoms with Crippen LogP contribution in [-0.2, 0) is 11.8 Å². The molecular formula is C17H22ClN5O. The van der Waals surface area contributed by atoms with Crippen LogP contribution in [-0.4, -0.2) is 44.7 Å². The molecule has 0 aromatic carbocycles. The zero-order valence-corrected chi connectivity index (χ0v) is 14.7. The Labute approximate surface area is 146 Å². The molecule has 1 aliphatic rings. The number of carbonyl (C=O) groups is 1. The summed E-state index contributed by atoms with van der Waals surface area (Å²) in [5, 5.41) is 7.65. The lowest BCUT2D eigenvalue weighted by Gasteiger charge is -2.35. The summed E-state index contributed by atoms with van der Waals surface area (Å²) in [7, 11) is 1.94. The number of nitrogens with one attached hydrogen (secondary N) is 1. The number of carbonyl (C=O) groups excluding carboxylic acids is 1. The number of anilines is 1. The largest absolute Gasteiger partial charge is 0.309 e. The smallest absolute Gasteiger partial charge is 0.242 e. The van der Waals surface area contributed by atoms with E-state index >= 15 is 0 Å². The predicted octanol–water partition coefficient (Wildman–Crippen LogP) is 2.68. The van der Waals surface area contributed by atoms with E-state index in [-0.39, 0.29) is 11.9 Å². The Morgan fingerprint density at radius 1 is 1.33 bits per heavy atom. The van der Waals surface area contributed by atoms with Crippen molar-refractivity contribution in [1.82, 2.24) is 19.7 Å². The Hall–Kier alpha value is -1.92. The average molecular weight is 348 g/mol. The average Bonchev–Trinajstić information content (AvgIpc) is 3.03. The van der Waals surface area contributed by atoms with Gasteiger partial charge in [0.25, 0.3) is 0 Å². The van der Waals surface area contributed by atoms with Crippen LogP contribution in [0.2, 0.25) is 5.02 Å². The van der Waals surface area contributed by atoms with E-state index in [1.807, 2.05) is 24.9 Å². The van der Waals surface area contributed by atoms with Crippen molar-refractivity contribution in [3.63, 3.8) is 0 Å². The first-order chi connectivity index (χ1) is 11.5. The summed E-state index contributed by atoms with van der Waals surface area (Å²) >= 11 is 5.81. The predicted molar refractivity (Wildman–Crippen MR) is 94.1 cm³/mol. The third-order valence-corrected chi connectivity index (χ3v) is 4.86. The standard InChI is InChI=1S/C17H22ClN5O/c1-12(17(24)21-16-4-3-15(18)10-19-16)23-7-5-13(6-8-23)14-9-20-22(2)11-14/h3-4,9-13H,5-8H2,1-2H3,(H,19,21,24)/t12-/m1/s1. The Morgan fingerprint density at radius 2 is 2.08 bits per heavy atom. The molecule has 1 N–H and O–H groups in total. The molecule has 0 aliphatic carbocycles. The van der Waals surface area contributed by atoms with Crippen LogP contribution in [0, 0.1) is 0 Å². The van der Waals surface area contributed by atoms with Crippen molar-refractivity contribution in [3.05, 3.63) is 41.3 Å². The molecule has 3 heterocycles. The fraction of sp³-hybridized carbons (Fsp3) is 0.471. The van der Waals surface area contributed by atoms with E-state index in [1.165, 1.54) is 11.8 Å². The van der Waals surface area contributed by atoms with Crippen LogP contribution in [0.15, 0.2) is 30.7 Å². The van der Waals surface area contributed by atoms with E-state index in [1.54, 1.807) is 12.1 Å². The minimum atomic E-state index is -0.183. The molecule has 1 saturated heterocycles. The zero-order valence-electron chi connectivity index (χ0n) is 13.9. The van der Waals surface area contributed by atoms with Crippen LogP contribution in [0.1, 0.15) is 31.2 Å². The van der Waals surface area contributed by atoms with Crippen molar-refractivity contribution >= 4 is 23.3 Å². The second-order valence-corrected chi connectivity index (χ2v) is 6.72. The van der Waals surface area contributed by atoms with Gasteiger partial charge in [0.15, 0.2) is 0 Å². The van der Waals surface area contributed by atoms with Crippen molar-refractivity contribution in [3.8, 4) is 0 Å². The number of halogens is 1. The third kappa shape index (κ3) is 3.94. The molecule has 3 rings (SSSR count). The SMILES string of the molecule is C[C@H](C(=O)Nc1ccc(Cl)cn1)N1CCC(c2cnn(C)c2)CC1. The van der Waals surface area contributed by atoms with E-state index in [4.69, 9.17) is 11.6 Å². The molecule has 1 amide bonds. The first-order valence-electron chi connectivity index (χ1n) is 8.18. The summed E-state index contributed by atoms with van der Waals surface area (Å²) in [6.07, 6.45) is 7.65. The lowest BCUT2D eigenvalue weighted by Crippen LogP contribution is -2.45. The molecule has 2 aromatic heterocycles. The van der Waals surface area contributed by atoms with Crippen molar-refractivity contribution in [2.45, 2.75) is 31.7 Å². The third-order valence-electron chi connectivity index (χ3n) is 4.63. The first-order valence-corrected chi connectivity index (χ1v) is 8.56. The molecule has 0 unspecified atom stereocenters. The van der Waals surface area contributed by atoms with E-state index in [2.05, 4.69) is 26.5 Å². The molecule has 1 aliphatic heterocycles. The first kappa shape index (κ1) is 16.9. The van der Waals surface area contributed by atoms with Crippen LogP contribution in [0.3, 0.4) is 0 Å². The molecule has 0 bridgehead atoms. The summed E-state index contributed by atoms with van der Waals surface area (Å²) < 4.78 is 1.84. The van der Waals surface area contributed by atoms with Gasteiger partial charge >= 0.3 is 0 Å². The van der Waals surface area contributed by atoms with Gasteiger partial charge in [0.05, 0.1) is 17.3 Å². The van der Waals surface area contributed by atoms with Gasteiger partial charge in [-0.1, -0.05) is 11.6 Å². The highest BCUT2D eigenvalue weighted by Gasteiger charge is 2.27. The Bertz CT molecular complexity index is 691. The highest BCUT2D eigenvalue weighted by Crippen LogP contribution is 2.28. The van der Waals surface area contributed by atoms with Crippen molar-refractivity contribution in [2.24, 2.45) is 7.05 Å². The lowest BCUT2D eigenvalue weighted by atomic mass is 9.91. The van der Waals surface area contributed by atoms with Gasteiger partial charge in [-0.15, -0.1) is 0 Å².